The molecule has 1 saturated carbocycles. The predicted octanol–water partition coefficient (Wildman–Crippen LogP) is 5.15. The molecule has 0 saturated heterocycles. The second-order valence-corrected chi connectivity index (χ2v) is 7.58. The molecule has 2 N–H and O–H groups in total. The standard InChI is InChI=1S/C21H18BrFN4O2/c1-3-12-13(24-2)4-5-14(20(12)23)27-21-19-15(25-10-26-21)8-11(22)9-18(19)29-17-7-6-16(17)28/h3-5,8-10,16-17,28H,1-2,6-7H2,(H,25,26,27). The van der Waals surface area contributed by atoms with Crippen molar-refractivity contribution in [1.82, 2.24) is 9.97 Å². The lowest BCUT2D eigenvalue weighted by Crippen LogP contribution is -2.41. The highest BCUT2D eigenvalue weighted by atomic mass is 79.9. The molecule has 148 valence electrons. The first-order valence-corrected chi connectivity index (χ1v) is 9.78. The van der Waals surface area contributed by atoms with E-state index in [9.17, 15) is 9.50 Å². The summed E-state index contributed by atoms with van der Waals surface area (Å²) in [6, 6.07) is 6.83. The molecular weight excluding hydrogens is 439 g/mol. The molecule has 1 fully saturated rings. The van der Waals surface area contributed by atoms with Crippen molar-refractivity contribution < 1.29 is 14.2 Å². The van der Waals surface area contributed by atoms with Gasteiger partial charge in [-0.25, -0.2) is 14.4 Å². The number of nitrogens with one attached hydrogen (secondary N) is 1. The lowest BCUT2D eigenvalue weighted by atomic mass is 9.92. The molecular formula is C21H18BrFN4O2. The van der Waals surface area contributed by atoms with Crippen molar-refractivity contribution in [2.45, 2.75) is 25.0 Å². The number of rotatable bonds is 6. The first-order valence-electron chi connectivity index (χ1n) is 8.99. The van der Waals surface area contributed by atoms with Crippen molar-refractivity contribution in [1.29, 1.82) is 0 Å². The minimum Gasteiger partial charge on any atom is -0.487 e. The molecule has 0 spiro atoms. The number of aliphatic hydroxyl groups is 1. The van der Waals surface area contributed by atoms with Crippen LogP contribution < -0.4 is 10.1 Å². The average molecular weight is 457 g/mol. The van der Waals surface area contributed by atoms with Crippen LogP contribution in [0.2, 0.25) is 0 Å². The molecule has 2 atom stereocenters. The fourth-order valence-corrected chi connectivity index (χ4v) is 3.62. The van der Waals surface area contributed by atoms with Gasteiger partial charge in [-0.2, -0.15) is 0 Å². The number of ether oxygens (including phenoxy) is 1. The number of nitrogens with zero attached hydrogens (tertiary/aromatic N) is 3. The Bertz CT molecular complexity index is 1120. The summed E-state index contributed by atoms with van der Waals surface area (Å²) in [5, 5.41) is 13.5. The number of anilines is 2. The molecule has 1 aliphatic rings. The number of benzene rings is 2. The van der Waals surface area contributed by atoms with Crippen LogP contribution in [-0.2, 0) is 0 Å². The normalized spacial score (nSPS) is 18.2. The Labute approximate surface area is 175 Å². The van der Waals surface area contributed by atoms with E-state index in [1.54, 1.807) is 18.2 Å². The van der Waals surface area contributed by atoms with Crippen LogP contribution in [-0.4, -0.2) is 34.0 Å². The zero-order chi connectivity index (χ0) is 20.5. The van der Waals surface area contributed by atoms with Crippen molar-refractivity contribution >= 4 is 56.8 Å². The highest BCUT2D eigenvalue weighted by molar-refractivity contribution is 9.10. The van der Waals surface area contributed by atoms with E-state index in [1.807, 2.05) is 6.07 Å². The lowest BCUT2D eigenvalue weighted by molar-refractivity contribution is -0.0354. The van der Waals surface area contributed by atoms with Gasteiger partial charge in [0.1, 0.15) is 24.0 Å². The van der Waals surface area contributed by atoms with Crippen LogP contribution in [0, 0.1) is 5.82 Å². The van der Waals surface area contributed by atoms with Gasteiger partial charge in [-0.3, -0.25) is 4.99 Å². The van der Waals surface area contributed by atoms with Crippen molar-refractivity contribution in [2.24, 2.45) is 4.99 Å². The Hall–Kier alpha value is -2.84. The molecule has 2 aromatic carbocycles. The number of halogens is 2. The van der Waals surface area contributed by atoms with Gasteiger partial charge in [0.25, 0.3) is 0 Å². The van der Waals surface area contributed by atoms with Crippen LogP contribution in [0.4, 0.5) is 21.6 Å². The van der Waals surface area contributed by atoms with Gasteiger partial charge in [0.2, 0.25) is 0 Å². The van der Waals surface area contributed by atoms with Crippen molar-refractivity contribution in [3.8, 4) is 5.75 Å². The van der Waals surface area contributed by atoms with E-state index in [2.05, 4.69) is 49.5 Å². The minimum absolute atomic E-state index is 0.213. The maximum atomic E-state index is 15.0. The minimum atomic E-state index is -0.509. The molecule has 6 nitrogen and oxygen atoms in total. The number of aromatic nitrogens is 2. The van der Waals surface area contributed by atoms with E-state index in [1.165, 1.54) is 12.4 Å². The summed E-state index contributed by atoms with van der Waals surface area (Å²) in [5.74, 6) is 0.389. The summed E-state index contributed by atoms with van der Waals surface area (Å²) in [6.45, 7) is 7.10. The summed E-state index contributed by atoms with van der Waals surface area (Å²) in [4.78, 5) is 12.4. The number of fused-ring (bicyclic) bond motifs is 1. The molecule has 0 bridgehead atoms. The largest absolute Gasteiger partial charge is 0.487 e. The monoisotopic (exact) mass is 456 g/mol. The predicted molar refractivity (Wildman–Crippen MR) is 116 cm³/mol. The fraction of sp³-hybridized carbons (Fsp3) is 0.190. The molecule has 0 amide bonds. The third-order valence-electron chi connectivity index (χ3n) is 4.91. The third-order valence-corrected chi connectivity index (χ3v) is 5.36. The summed E-state index contributed by atoms with van der Waals surface area (Å²) in [6.07, 6.45) is 3.47. The Morgan fingerprint density at radius 2 is 2.14 bits per heavy atom. The van der Waals surface area contributed by atoms with Gasteiger partial charge in [0.05, 0.1) is 28.4 Å². The van der Waals surface area contributed by atoms with E-state index in [0.29, 0.717) is 34.6 Å². The smallest absolute Gasteiger partial charge is 0.156 e. The van der Waals surface area contributed by atoms with Gasteiger partial charge in [-0.05, 0) is 43.8 Å². The average Bonchev–Trinajstić information content (AvgIpc) is 2.71. The zero-order valence-corrected chi connectivity index (χ0v) is 17.0. The van der Waals surface area contributed by atoms with Crippen LogP contribution in [0.25, 0.3) is 17.0 Å². The van der Waals surface area contributed by atoms with E-state index in [4.69, 9.17) is 4.74 Å². The summed E-state index contributed by atoms with van der Waals surface area (Å²) < 4.78 is 21.8. The van der Waals surface area contributed by atoms with Gasteiger partial charge < -0.3 is 15.2 Å². The number of hydrogen-bond donors (Lipinski definition) is 2. The molecule has 1 heterocycles. The van der Waals surface area contributed by atoms with Gasteiger partial charge in [0.15, 0.2) is 5.82 Å². The summed E-state index contributed by atoms with van der Waals surface area (Å²) >= 11 is 3.46. The Morgan fingerprint density at radius 3 is 2.79 bits per heavy atom. The summed E-state index contributed by atoms with van der Waals surface area (Å²) in [7, 11) is 0. The van der Waals surface area contributed by atoms with E-state index >= 15 is 0 Å². The molecule has 0 radical (unpaired) electrons. The van der Waals surface area contributed by atoms with Crippen LogP contribution in [0.1, 0.15) is 18.4 Å². The number of hydrogen-bond acceptors (Lipinski definition) is 6. The Kier molecular flexibility index (Phi) is 5.29. The topological polar surface area (TPSA) is 79.6 Å². The molecule has 0 aliphatic heterocycles. The molecule has 8 heteroatoms. The van der Waals surface area contributed by atoms with Gasteiger partial charge in [-0.15, -0.1) is 0 Å². The second-order valence-electron chi connectivity index (χ2n) is 6.67. The Balaban J connectivity index is 1.80. The summed E-state index contributed by atoms with van der Waals surface area (Å²) in [5.41, 5.74) is 1.49. The van der Waals surface area contributed by atoms with E-state index < -0.39 is 11.9 Å². The molecule has 1 aromatic heterocycles. The Morgan fingerprint density at radius 1 is 1.31 bits per heavy atom. The van der Waals surface area contributed by atoms with Crippen molar-refractivity contribution in [3.63, 3.8) is 0 Å². The van der Waals surface area contributed by atoms with Crippen LogP contribution in [0.15, 0.2) is 46.6 Å². The van der Waals surface area contributed by atoms with Crippen molar-refractivity contribution in [3.05, 3.63) is 53.0 Å². The SMILES string of the molecule is C=Cc1c(N=C)ccc(Nc2ncnc3cc(Br)cc(OC4CCC4O)c23)c1F. The first-order chi connectivity index (χ1) is 14.0. The maximum Gasteiger partial charge on any atom is 0.156 e. The molecule has 1 aliphatic carbocycles. The van der Waals surface area contributed by atoms with Gasteiger partial charge in [0, 0.05) is 10.0 Å². The molecule has 4 rings (SSSR count). The highest BCUT2D eigenvalue weighted by Gasteiger charge is 2.31. The van der Waals surface area contributed by atoms with Gasteiger partial charge in [-0.1, -0.05) is 28.6 Å². The fourth-order valence-electron chi connectivity index (χ4n) is 3.20. The van der Waals surface area contributed by atoms with Crippen LogP contribution in [0.3, 0.4) is 0 Å². The van der Waals surface area contributed by atoms with Gasteiger partial charge >= 0.3 is 0 Å². The van der Waals surface area contributed by atoms with Crippen LogP contribution in [0.5, 0.6) is 5.75 Å². The van der Waals surface area contributed by atoms with Crippen molar-refractivity contribution in [2.75, 3.05) is 5.32 Å². The van der Waals surface area contributed by atoms with Crippen LogP contribution >= 0.6 is 15.9 Å². The third kappa shape index (κ3) is 3.61. The first kappa shape index (κ1) is 19.5. The molecule has 29 heavy (non-hydrogen) atoms. The number of aliphatic hydroxyl groups excluding tert-OH is 1. The molecule has 2 unspecified atom stereocenters. The zero-order valence-electron chi connectivity index (χ0n) is 15.4. The molecule has 3 aromatic rings. The number of aliphatic imine (C=N–C) groups is 1. The van der Waals surface area contributed by atoms with E-state index in [0.717, 1.165) is 10.9 Å². The highest BCUT2D eigenvalue weighted by Crippen LogP contribution is 2.38. The lowest BCUT2D eigenvalue weighted by Gasteiger charge is -2.33. The second kappa shape index (κ2) is 7.88. The van der Waals surface area contributed by atoms with E-state index in [-0.39, 0.29) is 17.4 Å². The maximum absolute atomic E-state index is 15.0. The quantitative estimate of drug-likeness (QED) is 0.501.